The van der Waals surface area contributed by atoms with Gasteiger partial charge in [-0.3, -0.25) is 0 Å². The quantitative estimate of drug-likeness (QED) is 0.750. The highest BCUT2D eigenvalue weighted by Gasteiger charge is 2.10. The van der Waals surface area contributed by atoms with Gasteiger partial charge in [0.05, 0.1) is 14.2 Å². The van der Waals surface area contributed by atoms with Crippen molar-refractivity contribution in [3.05, 3.63) is 12.1 Å². The molecule has 0 spiro atoms. The highest BCUT2D eigenvalue weighted by atomic mass is 16.5. The number of fused-ring (bicyclic) bond motifs is 1. The van der Waals surface area contributed by atoms with Crippen LogP contribution < -0.4 is 15.2 Å². The molecule has 5 nitrogen and oxygen atoms in total. The number of benzene rings is 1. The molecule has 0 fully saturated rings. The summed E-state index contributed by atoms with van der Waals surface area (Å²) in [6.45, 7) is 0. The van der Waals surface area contributed by atoms with E-state index in [2.05, 4.69) is 9.97 Å². The van der Waals surface area contributed by atoms with Crippen LogP contribution in [-0.4, -0.2) is 24.2 Å². The van der Waals surface area contributed by atoms with Crippen LogP contribution in [0.15, 0.2) is 12.1 Å². The summed E-state index contributed by atoms with van der Waals surface area (Å²) in [5.74, 6) is 1.72. The maximum atomic E-state index is 5.56. The van der Waals surface area contributed by atoms with E-state index < -0.39 is 0 Å². The number of H-pyrrole nitrogens is 1. The van der Waals surface area contributed by atoms with Crippen molar-refractivity contribution in [3.63, 3.8) is 0 Å². The molecule has 0 saturated heterocycles. The highest BCUT2D eigenvalue weighted by Crippen LogP contribution is 2.31. The number of aromatic nitrogens is 2. The Hall–Kier alpha value is -1.91. The molecule has 0 aliphatic rings. The van der Waals surface area contributed by atoms with Crippen LogP contribution in [0.2, 0.25) is 0 Å². The molecule has 3 N–H and O–H groups in total. The largest absolute Gasteiger partial charge is 0.494 e. The molecule has 5 heteroatoms. The van der Waals surface area contributed by atoms with Gasteiger partial charge in [0, 0.05) is 0 Å². The molecule has 2 aromatic rings. The van der Waals surface area contributed by atoms with E-state index in [0.717, 1.165) is 5.52 Å². The van der Waals surface area contributed by atoms with Crippen LogP contribution in [0.4, 0.5) is 5.95 Å². The molecule has 0 unspecified atom stereocenters. The lowest BCUT2D eigenvalue weighted by atomic mass is 10.2. The van der Waals surface area contributed by atoms with E-state index in [4.69, 9.17) is 15.2 Å². The molecule has 0 atom stereocenters. The molecule has 0 aliphatic heterocycles. The molecule has 74 valence electrons. The maximum Gasteiger partial charge on any atom is 0.198 e. The lowest BCUT2D eigenvalue weighted by Gasteiger charge is -2.03. The average Bonchev–Trinajstić information content (AvgIpc) is 2.57. The number of hydrogen-bond donors (Lipinski definition) is 2. The van der Waals surface area contributed by atoms with Crippen molar-refractivity contribution in [2.45, 2.75) is 0 Å². The maximum absolute atomic E-state index is 5.56. The summed E-state index contributed by atoms with van der Waals surface area (Å²) in [4.78, 5) is 7.02. The molecule has 1 aromatic heterocycles. The highest BCUT2D eigenvalue weighted by molar-refractivity contribution is 5.88. The Bertz CT molecular complexity index is 423. The van der Waals surface area contributed by atoms with Gasteiger partial charge in [-0.25, -0.2) is 4.98 Å². The van der Waals surface area contributed by atoms with Crippen molar-refractivity contribution in [3.8, 4) is 11.5 Å². The number of aromatic amines is 1. The lowest BCUT2D eigenvalue weighted by Crippen LogP contribution is -1.88. The van der Waals surface area contributed by atoms with Crippen LogP contribution in [0.1, 0.15) is 0 Å². The van der Waals surface area contributed by atoms with Gasteiger partial charge in [-0.05, 0) is 12.1 Å². The number of nitrogens with zero attached hydrogens (tertiary/aromatic N) is 1. The smallest absolute Gasteiger partial charge is 0.198 e. The molecule has 14 heavy (non-hydrogen) atoms. The molecule has 0 radical (unpaired) electrons. The van der Waals surface area contributed by atoms with Crippen molar-refractivity contribution in [1.29, 1.82) is 0 Å². The van der Waals surface area contributed by atoms with Gasteiger partial charge in [0.2, 0.25) is 0 Å². The summed E-state index contributed by atoms with van der Waals surface area (Å²) in [7, 11) is 3.18. The molecule has 1 heterocycles. The van der Waals surface area contributed by atoms with Crippen LogP contribution >= 0.6 is 0 Å². The van der Waals surface area contributed by atoms with Crippen molar-refractivity contribution < 1.29 is 9.47 Å². The Labute approximate surface area is 80.8 Å². The van der Waals surface area contributed by atoms with Crippen LogP contribution in [0, 0.1) is 0 Å². The first-order valence-corrected chi connectivity index (χ1v) is 4.12. The first-order valence-electron chi connectivity index (χ1n) is 4.12. The normalized spacial score (nSPS) is 10.4. The van der Waals surface area contributed by atoms with E-state index >= 15 is 0 Å². The minimum atomic E-state index is 0.350. The predicted molar refractivity (Wildman–Crippen MR) is 53.6 cm³/mol. The number of nitrogens with two attached hydrogens (primary N) is 1. The zero-order chi connectivity index (χ0) is 10.1. The Morgan fingerprint density at radius 1 is 1.21 bits per heavy atom. The fourth-order valence-electron chi connectivity index (χ4n) is 1.40. The number of nitrogens with one attached hydrogen (secondary N) is 1. The zero-order valence-corrected chi connectivity index (χ0v) is 8.00. The molecule has 1 aromatic carbocycles. The topological polar surface area (TPSA) is 73.2 Å². The van der Waals surface area contributed by atoms with Crippen molar-refractivity contribution >= 4 is 17.0 Å². The fourth-order valence-corrected chi connectivity index (χ4v) is 1.40. The van der Waals surface area contributed by atoms with Crippen molar-refractivity contribution in [2.75, 3.05) is 20.0 Å². The van der Waals surface area contributed by atoms with Crippen LogP contribution in [-0.2, 0) is 0 Å². The lowest BCUT2D eigenvalue weighted by molar-refractivity contribution is 0.409. The summed E-state index contributed by atoms with van der Waals surface area (Å²) in [5.41, 5.74) is 7.00. The minimum absolute atomic E-state index is 0.350. The summed E-state index contributed by atoms with van der Waals surface area (Å²) in [6, 6.07) is 3.60. The number of imidazole rings is 1. The zero-order valence-electron chi connectivity index (χ0n) is 8.00. The van der Waals surface area contributed by atoms with Gasteiger partial charge < -0.3 is 20.2 Å². The number of hydrogen-bond acceptors (Lipinski definition) is 4. The summed E-state index contributed by atoms with van der Waals surface area (Å²) in [5, 5.41) is 0. The number of nitrogen functional groups attached to an aromatic ring is 1. The van der Waals surface area contributed by atoms with Crippen LogP contribution in [0.5, 0.6) is 11.5 Å². The number of anilines is 1. The third-order valence-corrected chi connectivity index (χ3v) is 2.03. The van der Waals surface area contributed by atoms with Crippen molar-refractivity contribution in [2.24, 2.45) is 0 Å². The molecule has 2 rings (SSSR count). The van der Waals surface area contributed by atoms with Gasteiger partial charge in [-0.1, -0.05) is 0 Å². The summed E-state index contributed by atoms with van der Waals surface area (Å²) >= 11 is 0. The van der Waals surface area contributed by atoms with Gasteiger partial charge in [0.1, 0.15) is 22.5 Å². The third-order valence-electron chi connectivity index (χ3n) is 2.03. The first kappa shape index (κ1) is 8.68. The fraction of sp³-hybridized carbons (Fsp3) is 0.222. The SMILES string of the molecule is COc1ccc(OC)c2[nH]c(N)nc12. The van der Waals surface area contributed by atoms with Gasteiger partial charge in [0.25, 0.3) is 0 Å². The van der Waals surface area contributed by atoms with E-state index in [0.29, 0.717) is 23.0 Å². The molecule has 0 amide bonds. The van der Waals surface area contributed by atoms with Gasteiger partial charge in [-0.2, -0.15) is 0 Å². The Kier molecular flexibility index (Phi) is 1.92. The second-order valence-electron chi connectivity index (χ2n) is 2.82. The molecule has 0 saturated carbocycles. The van der Waals surface area contributed by atoms with E-state index in [1.54, 1.807) is 26.4 Å². The molecular weight excluding hydrogens is 182 g/mol. The monoisotopic (exact) mass is 193 g/mol. The number of methoxy groups -OCH3 is 2. The average molecular weight is 193 g/mol. The van der Waals surface area contributed by atoms with Crippen molar-refractivity contribution in [1.82, 2.24) is 9.97 Å². The molecular formula is C9H11N3O2. The second kappa shape index (κ2) is 3.10. The Morgan fingerprint density at radius 3 is 2.50 bits per heavy atom. The van der Waals surface area contributed by atoms with E-state index in [9.17, 15) is 0 Å². The molecule has 0 bridgehead atoms. The minimum Gasteiger partial charge on any atom is -0.494 e. The third kappa shape index (κ3) is 1.14. The predicted octanol–water partition coefficient (Wildman–Crippen LogP) is 1.16. The van der Waals surface area contributed by atoms with E-state index in [-0.39, 0.29) is 0 Å². The standard InChI is InChI=1S/C9H11N3O2/c1-13-5-3-4-6(14-2)8-7(5)11-9(10)12-8/h3-4H,1-2H3,(H3,10,11,12). The number of rotatable bonds is 2. The van der Waals surface area contributed by atoms with Crippen LogP contribution in [0.3, 0.4) is 0 Å². The summed E-state index contributed by atoms with van der Waals surface area (Å²) in [6.07, 6.45) is 0. The number of ether oxygens (including phenoxy) is 2. The molecule has 0 aliphatic carbocycles. The second-order valence-corrected chi connectivity index (χ2v) is 2.82. The Balaban J connectivity index is 2.77. The first-order chi connectivity index (χ1) is 6.76. The van der Waals surface area contributed by atoms with Crippen LogP contribution in [0.25, 0.3) is 11.0 Å². The van der Waals surface area contributed by atoms with E-state index in [1.165, 1.54) is 0 Å². The van der Waals surface area contributed by atoms with Gasteiger partial charge in [0.15, 0.2) is 5.95 Å². The summed E-state index contributed by atoms with van der Waals surface area (Å²) < 4.78 is 10.3. The van der Waals surface area contributed by atoms with Gasteiger partial charge >= 0.3 is 0 Å². The Morgan fingerprint density at radius 2 is 1.86 bits per heavy atom. The van der Waals surface area contributed by atoms with E-state index in [1.807, 2.05) is 0 Å². The van der Waals surface area contributed by atoms with Gasteiger partial charge in [-0.15, -0.1) is 0 Å².